The molecule has 0 radical (unpaired) electrons. The molecule has 3 N–H and O–H groups in total. The molecule has 16 heavy (non-hydrogen) atoms. The summed E-state index contributed by atoms with van der Waals surface area (Å²) in [5, 5.41) is 7.80. The number of nitrogens with one attached hydrogen (secondary N) is 3. The molecule has 5 heteroatoms. The number of allylic oxidation sites excluding steroid dienone is 1. The molecule has 5 nitrogen and oxygen atoms in total. The van der Waals surface area contributed by atoms with E-state index in [1.165, 1.54) is 7.05 Å². The first-order chi connectivity index (χ1) is 7.63. The van der Waals surface area contributed by atoms with E-state index in [1.54, 1.807) is 6.92 Å². The summed E-state index contributed by atoms with van der Waals surface area (Å²) in [6.07, 6.45) is 7.28. The molecule has 0 bridgehead atoms. The maximum absolute atomic E-state index is 11.5. The normalized spacial score (nSPS) is 21.2. The number of amides is 3. The lowest BCUT2D eigenvalue weighted by molar-refractivity contribution is -0.121. The van der Waals surface area contributed by atoms with Gasteiger partial charge in [-0.2, -0.15) is 0 Å². The minimum absolute atomic E-state index is 0.297. The van der Waals surface area contributed by atoms with Gasteiger partial charge in [0.05, 0.1) is 6.04 Å². The summed E-state index contributed by atoms with van der Waals surface area (Å²) in [5.74, 6) is -0.297. The Morgan fingerprint density at radius 3 is 2.69 bits per heavy atom. The van der Waals surface area contributed by atoms with Crippen LogP contribution in [0.1, 0.15) is 26.2 Å². The minimum atomic E-state index is -0.470. The summed E-state index contributed by atoms with van der Waals surface area (Å²) in [6.45, 7) is 1.76. The molecule has 0 fully saturated rings. The third kappa shape index (κ3) is 4.02. The molecule has 0 aromatic heterocycles. The third-order valence-electron chi connectivity index (χ3n) is 2.61. The van der Waals surface area contributed by atoms with Crippen molar-refractivity contribution >= 4 is 11.9 Å². The molecule has 0 heterocycles. The Balaban J connectivity index is 2.33. The van der Waals surface area contributed by atoms with Crippen LogP contribution in [0.25, 0.3) is 0 Å². The van der Waals surface area contributed by atoms with Crippen LogP contribution in [-0.4, -0.2) is 31.1 Å². The Kier molecular flexibility index (Phi) is 4.98. The number of carbonyl (C=O) groups is 2. The number of hydrogen-bond acceptors (Lipinski definition) is 3. The second-order valence-corrected chi connectivity index (χ2v) is 3.94. The molecule has 0 aromatic rings. The fraction of sp³-hybridized carbons (Fsp3) is 0.636. The Morgan fingerprint density at radius 2 is 2.12 bits per heavy atom. The van der Waals surface area contributed by atoms with Crippen molar-refractivity contribution in [2.24, 2.45) is 0 Å². The lowest BCUT2D eigenvalue weighted by atomic mass is 10.0. The van der Waals surface area contributed by atoms with Crippen LogP contribution in [0, 0.1) is 0 Å². The Bertz CT molecular complexity index is 289. The second kappa shape index (κ2) is 6.27. The standard InChI is InChI=1S/C11H19N3O2/c1-8(10(15)14-11(16)12-2)13-9-6-4-3-5-7-9/h3-4,8-9,13H,5-7H2,1-2H3,(H2,12,14,15,16). The van der Waals surface area contributed by atoms with Gasteiger partial charge in [0.1, 0.15) is 0 Å². The van der Waals surface area contributed by atoms with Gasteiger partial charge < -0.3 is 10.6 Å². The maximum Gasteiger partial charge on any atom is 0.321 e. The second-order valence-electron chi connectivity index (χ2n) is 3.94. The van der Waals surface area contributed by atoms with Gasteiger partial charge in [-0.15, -0.1) is 0 Å². The first-order valence-electron chi connectivity index (χ1n) is 5.57. The van der Waals surface area contributed by atoms with Crippen LogP contribution >= 0.6 is 0 Å². The van der Waals surface area contributed by atoms with Crippen LogP contribution in [0.3, 0.4) is 0 Å². The highest BCUT2D eigenvalue weighted by molar-refractivity contribution is 5.96. The molecule has 2 atom stereocenters. The van der Waals surface area contributed by atoms with Crippen molar-refractivity contribution < 1.29 is 9.59 Å². The molecular weight excluding hydrogens is 206 g/mol. The highest BCUT2D eigenvalue weighted by Gasteiger charge is 2.19. The molecule has 0 aliphatic heterocycles. The first-order valence-corrected chi connectivity index (χ1v) is 5.57. The quantitative estimate of drug-likeness (QED) is 0.614. The van der Waals surface area contributed by atoms with E-state index in [0.29, 0.717) is 6.04 Å². The van der Waals surface area contributed by atoms with Gasteiger partial charge in [-0.25, -0.2) is 4.79 Å². The van der Waals surface area contributed by atoms with Crippen molar-refractivity contribution in [2.45, 2.75) is 38.3 Å². The highest BCUT2D eigenvalue weighted by Crippen LogP contribution is 2.10. The van der Waals surface area contributed by atoms with E-state index >= 15 is 0 Å². The fourth-order valence-electron chi connectivity index (χ4n) is 1.66. The summed E-state index contributed by atoms with van der Waals surface area (Å²) >= 11 is 0. The Morgan fingerprint density at radius 1 is 1.38 bits per heavy atom. The zero-order valence-electron chi connectivity index (χ0n) is 9.75. The van der Waals surface area contributed by atoms with Crippen LogP contribution in [0.2, 0.25) is 0 Å². The van der Waals surface area contributed by atoms with Gasteiger partial charge in [-0.1, -0.05) is 12.2 Å². The van der Waals surface area contributed by atoms with E-state index in [4.69, 9.17) is 0 Å². The molecule has 0 saturated carbocycles. The topological polar surface area (TPSA) is 70.2 Å². The zero-order chi connectivity index (χ0) is 12.0. The lowest BCUT2D eigenvalue weighted by Gasteiger charge is -2.23. The smallest absolute Gasteiger partial charge is 0.321 e. The van der Waals surface area contributed by atoms with Gasteiger partial charge in [0.2, 0.25) is 5.91 Å². The molecule has 0 aromatic carbocycles. The third-order valence-corrected chi connectivity index (χ3v) is 2.61. The van der Waals surface area contributed by atoms with Crippen molar-refractivity contribution in [1.82, 2.24) is 16.0 Å². The molecule has 2 unspecified atom stereocenters. The first kappa shape index (κ1) is 12.7. The van der Waals surface area contributed by atoms with E-state index in [2.05, 4.69) is 28.1 Å². The van der Waals surface area contributed by atoms with Crippen LogP contribution < -0.4 is 16.0 Å². The van der Waals surface area contributed by atoms with Crippen molar-refractivity contribution in [3.8, 4) is 0 Å². The largest absolute Gasteiger partial charge is 0.341 e. The SMILES string of the molecule is CNC(=O)NC(=O)C(C)NC1CC=CCC1. The van der Waals surface area contributed by atoms with Crippen molar-refractivity contribution in [3.05, 3.63) is 12.2 Å². The molecule has 1 aliphatic carbocycles. The number of imide groups is 1. The molecule has 90 valence electrons. The van der Waals surface area contributed by atoms with Crippen LogP contribution in [-0.2, 0) is 4.79 Å². The lowest BCUT2D eigenvalue weighted by Crippen LogP contribution is -2.50. The van der Waals surface area contributed by atoms with E-state index in [1.807, 2.05) is 0 Å². The van der Waals surface area contributed by atoms with Crippen molar-refractivity contribution in [1.29, 1.82) is 0 Å². The van der Waals surface area contributed by atoms with E-state index in [-0.39, 0.29) is 11.9 Å². The zero-order valence-corrected chi connectivity index (χ0v) is 9.75. The number of hydrogen-bond donors (Lipinski definition) is 3. The van der Waals surface area contributed by atoms with E-state index in [9.17, 15) is 9.59 Å². The molecule has 1 rings (SSSR count). The molecule has 0 saturated heterocycles. The maximum atomic E-state index is 11.5. The van der Waals surface area contributed by atoms with Crippen molar-refractivity contribution in [3.63, 3.8) is 0 Å². The molecule has 1 aliphatic rings. The Hall–Kier alpha value is -1.36. The Labute approximate surface area is 95.7 Å². The fourth-order valence-corrected chi connectivity index (χ4v) is 1.66. The molecule has 0 spiro atoms. The van der Waals surface area contributed by atoms with Crippen LogP contribution in [0.4, 0.5) is 4.79 Å². The average Bonchev–Trinajstić information content (AvgIpc) is 2.30. The van der Waals surface area contributed by atoms with Crippen LogP contribution in [0.5, 0.6) is 0 Å². The molecular formula is C11H19N3O2. The van der Waals surface area contributed by atoms with Gasteiger partial charge in [-0.05, 0) is 26.2 Å². The summed E-state index contributed by atoms with van der Waals surface area (Å²) in [6, 6.07) is -0.494. The predicted octanol–water partition coefficient (Wildman–Crippen LogP) is 0.529. The summed E-state index contributed by atoms with van der Waals surface area (Å²) in [5.41, 5.74) is 0. The number of carbonyl (C=O) groups excluding carboxylic acids is 2. The minimum Gasteiger partial charge on any atom is -0.341 e. The van der Waals surface area contributed by atoms with Crippen molar-refractivity contribution in [2.75, 3.05) is 7.05 Å². The van der Waals surface area contributed by atoms with Gasteiger partial charge in [0, 0.05) is 13.1 Å². The average molecular weight is 225 g/mol. The highest BCUT2D eigenvalue weighted by atomic mass is 16.2. The number of rotatable bonds is 3. The monoisotopic (exact) mass is 225 g/mol. The summed E-state index contributed by atoms with van der Waals surface area (Å²) in [7, 11) is 1.48. The van der Waals surface area contributed by atoms with Gasteiger partial charge >= 0.3 is 6.03 Å². The van der Waals surface area contributed by atoms with E-state index < -0.39 is 6.03 Å². The van der Waals surface area contributed by atoms with Crippen LogP contribution in [0.15, 0.2) is 12.2 Å². The summed E-state index contributed by atoms with van der Waals surface area (Å²) < 4.78 is 0. The van der Waals surface area contributed by atoms with Gasteiger partial charge in [0.25, 0.3) is 0 Å². The van der Waals surface area contributed by atoms with Gasteiger partial charge in [0.15, 0.2) is 0 Å². The van der Waals surface area contributed by atoms with Gasteiger partial charge in [-0.3, -0.25) is 10.1 Å². The predicted molar refractivity (Wildman–Crippen MR) is 62.0 cm³/mol. The summed E-state index contributed by atoms with van der Waals surface area (Å²) in [4.78, 5) is 22.5. The molecule has 3 amide bonds. The number of urea groups is 1. The van der Waals surface area contributed by atoms with E-state index in [0.717, 1.165) is 19.3 Å².